The fraction of sp³-hybridized carbons (Fsp3) is 0.308. The molecule has 0 saturated heterocycles. The van der Waals surface area contributed by atoms with E-state index in [-0.39, 0.29) is 18.5 Å². The quantitative estimate of drug-likeness (QED) is 0.419. The SMILES string of the molecule is CCCN(CC(=O)N(Cc1ccccc1)Cc1cccn1C)C(=O)Nc1ccc(SC)cc1. The van der Waals surface area contributed by atoms with Crippen molar-refractivity contribution in [3.8, 4) is 0 Å². The summed E-state index contributed by atoms with van der Waals surface area (Å²) >= 11 is 1.65. The minimum absolute atomic E-state index is 0.0276. The molecule has 1 heterocycles. The van der Waals surface area contributed by atoms with Gasteiger partial charge in [0.05, 0.1) is 6.54 Å². The lowest BCUT2D eigenvalue weighted by Crippen LogP contribution is -2.44. The van der Waals surface area contributed by atoms with Gasteiger partial charge >= 0.3 is 6.03 Å². The molecule has 3 amide bonds. The van der Waals surface area contributed by atoms with Gasteiger partial charge in [-0.25, -0.2) is 4.79 Å². The van der Waals surface area contributed by atoms with Crippen molar-refractivity contribution >= 4 is 29.4 Å². The van der Waals surface area contributed by atoms with Crippen LogP contribution in [0, 0.1) is 0 Å². The molecule has 3 rings (SSSR count). The van der Waals surface area contributed by atoms with Crippen molar-refractivity contribution in [1.82, 2.24) is 14.4 Å². The normalized spacial score (nSPS) is 10.6. The monoisotopic (exact) mass is 464 g/mol. The molecule has 1 aromatic heterocycles. The van der Waals surface area contributed by atoms with Gasteiger partial charge in [0.2, 0.25) is 5.91 Å². The smallest absolute Gasteiger partial charge is 0.322 e. The Morgan fingerprint density at radius 1 is 0.939 bits per heavy atom. The van der Waals surface area contributed by atoms with E-state index in [4.69, 9.17) is 0 Å². The number of carbonyl (C=O) groups excluding carboxylic acids is 2. The number of urea groups is 1. The Labute approximate surface area is 200 Å². The summed E-state index contributed by atoms with van der Waals surface area (Å²) in [5, 5.41) is 2.93. The maximum absolute atomic E-state index is 13.4. The molecule has 0 aliphatic heterocycles. The average molecular weight is 465 g/mol. The number of benzene rings is 2. The summed E-state index contributed by atoms with van der Waals surface area (Å²) in [5.74, 6) is -0.0821. The number of hydrogen-bond donors (Lipinski definition) is 1. The van der Waals surface area contributed by atoms with E-state index in [1.165, 1.54) is 0 Å². The first-order valence-corrected chi connectivity index (χ1v) is 12.3. The van der Waals surface area contributed by atoms with Crippen molar-refractivity contribution in [3.63, 3.8) is 0 Å². The molecule has 0 atom stereocenters. The molecule has 0 aliphatic rings. The largest absolute Gasteiger partial charge is 0.353 e. The van der Waals surface area contributed by atoms with Crippen LogP contribution >= 0.6 is 11.8 Å². The summed E-state index contributed by atoms with van der Waals surface area (Å²) < 4.78 is 2.01. The van der Waals surface area contributed by atoms with E-state index >= 15 is 0 Å². The molecule has 0 aliphatic carbocycles. The van der Waals surface area contributed by atoms with Crippen molar-refractivity contribution in [2.24, 2.45) is 7.05 Å². The van der Waals surface area contributed by atoms with Crippen LogP contribution in [-0.2, 0) is 24.9 Å². The third kappa shape index (κ3) is 7.15. The molecule has 0 spiro atoms. The molecule has 6 nitrogen and oxygen atoms in total. The van der Waals surface area contributed by atoms with Crippen molar-refractivity contribution in [2.45, 2.75) is 31.3 Å². The minimum Gasteiger partial charge on any atom is -0.353 e. The number of aromatic nitrogens is 1. The molecule has 3 aromatic rings. The number of aryl methyl sites for hydroxylation is 1. The summed E-state index contributed by atoms with van der Waals surface area (Å²) in [6, 6.07) is 21.4. The van der Waals surface area contributed by atoms with Gasteiger partial charge in [-0.2, -0.15) is 0 Å². The van der Waals surface area contributed by atoms with E-state index in [1.54, 1.807) is 16.7 Å². The Balaban J connectivity index is 1.73. The highest BCUT2D eigenvalue weighted by atomic mass is 32.2. The molecule has 0 radical (unpaired) electrons. The first-order valence-electron chi connectivity index (χ1n) is 11.1. The Morgan fingerprint density at radius 2 is 1.67 bits per heavy atom. The Bertz CT molecular complexity index is 1030. The standard InChI is InChI=1S/C26H32N4O2S/c1-4-16-29(26(32)27-22-12-14-24(33-3)15-13-22)20-25(31)30(18-21-9-6-5-7-10-21)19-23-11-8-17-28(23)2/h5-15,17H,4,16,18-20H2,1-3H3,(H,27,32). The van der Waals surface area contributed by atoms with Crippen LogP contribution in [0.2, 0.25) is 0 Å². The number of hydrogen-bond acceptors (Lipinski definition) is 3. The maximum Gasteiger partial charge on any atom is 0.322 e. The van der Waals surface area contributed by atoms with Crippen molar-refractivity contribution in [2.75, 3.05) is 24.7 Å². The van der Waals surface area contributed by atoms with Crippen LogP contribution in [0.25, 0.3) is 0 Å². The summed E-state index contributed by atoms with van der Waals surface area (Å²) in [6.07, 6.45) is 4.75. The van der Waals surface area contributed by atoms with Crippen LogP contribution in [0.3, 0.4) is 0 Å². The zero-order chi connectivity index (χ0) is 23.6. The number of nitrogens with one attached hydrogen (secondary N) is 1. The zero-order valence-electron chi connectivity index (χ0n) is 19.5. The van der Waals surface area contributed by atoms with Gasteiger partial charge in [-0.3, -0.25) is 4.79 Å². The summed E-state index contributed by atoms with van der Waals surface area (Å²) in [5.41, 5.74) is 2.82. The number of amides is 3. The second kappa shape index (κ2) is 12.2. The number of nitrogens with zero attached hydrogens (tertiary/aromatic N) is 3. The van der Waals surface area contributed by atoms with Crippen molar-refractivity contribution in [1.29, 1.82) is 0 Å². The minimum atomic E-state index is -0.263. The molecule has 0 unspecified atom stereocenters. The maximum atomic E-state index is 13.4. The first kappa shape index (κ1) is 24.5. The number of carbonyl (C=O) groups is 2. The van der Waals surface area contributed by atoms with Gasteiger partial charge in [0.1, 0.15) is 6.54 Å². The van der Waals surface area contributed by atoms with Gasteiger partial charge in [0, 0.05) is 42.6 Å². The molecule has 0 saturated carbocycles. The summed E-state index contributed by atoms with van der Waals surface area (Å²) in [7, 11) is 1.97. The molecular weight excluding hydrogens is 432 g/mol. The van der Waals surface area contributed by atoms with Crippen LogP contribution < -0.4 is 5.32 Å². The Morgan fingerprint density at radius 3 is 2.27 bits per heavy atom. The molecule has 33 heavy (non-hydrogen) atoms. The van der Waals surface area contributed by atoms with Gasteiger partial charge in [-0.1, -0.05) is 37.3 Å². The number of thioether (sulfide) groups is 1. The van der Waals surface area contributed by atoms with E-state index < -0.39 is 0 Å². The highest BCUT2D eigenvalue weighted by molar-refractivity contribution is 7.98. The lowest BCUT2D eigenvalue weighted by Gasteiger charge is -2.28. The number of rotatable bonds is 10. The fourth-order valence-corrected chi connectivity index (χ4v) is 3.96. The van der Waals surface area contributed by atoms with Gasteiger partial charge < -0.3 is 19.7 Å². The molecule has 0 bridgehead atoms. The van der Waals surface area contributed by atoms with Crippen LogP contribution in [0.15, 0.2) is 77.8 Å². The molecule has 0 fully saturated rings. The Hall–Kier alpha value is -3.19. The second-order valence-corrected chi connectivity index (χ2v) is 8.81. The predicted molar refractivity (Wildman–Crippen MR) is 135 cm³/mol. The van der Waals surface area contributed by atoms with Crippen LogP contribution in [0.4, 0.5) is 10.5 Å². The van der Waals surface area contributed by atoms with Gasteiger partial charge in [0.25, 0.3) is 0 Å². The third-order valence-electron chi connectivity index (χ3n) is 5.42. The van der Waals surface area contributed by atoms with E-state index in [0.717, 1.165) is 28.3 Å². The third-order valence-corrected chi connectivity index (χ3v) is 6.16. The van der Waals surface area contributed by atoms with E-state index in [9.17, 15) is 9.59 Å². The van der Waals surface area contributed by atoms with Crippen LogP contribution in [0.1, 0.15) is 24.6 Å². The molecular formula is C26H32N4O2S. The highest BCUT2D eigenvalue weighted by Crippen LogP contribution is 2.18. The van der Waals surface area contributed by atoms with Crippen molar-refractivity contribution in [3.05, 3.63) is 84.2 Å². The van der Waals surface area contributed by atoms with E-state index in [0.29, 0.717) is 19.6 Å². The highest BCUT2D eigenvalue weighted by Gasteiger charge is 2.22. The summed E-state index contributed by atoms with van der Waals surface area (Å²) in [4.78, 5) is 30.9. The van der Waals surface area contributed by atoms with Crippen LogP contribution in [0.5, 0.6) is 0 Å². The van der Waals surface area contributed by atoms with Gasteiger partial charge in [-0.15, -0.1) is 11.8 Å². The van der Waals surface area contributed by atoms with Crippen molar-refractivity contribution < 1.29 is 9.59 Å². The van der Waals surface area contributed by atoms with Crippen LogP contribution in [-0.4, -0.2) is 45.7 Å². The van der Waals surface area contributed by atoms with E-state index in [2.05, 4.69) is 5.32 Å². The van der Waals surface area contributed by atoms with Gasteiger partial charge in [-0.05, 0) is 54.6 Å². The van der Waals surface area contributed by atoms with Gasteiger partial charge in [0.15, 0.2) is 0 Å². The zero-order valence-corrected chi connectivity index (χ0v) is 20.3. The average Bonchev–Trinajstić information content (AvgIpc) is 3.23. The van der Waals surface area contributed by atoms with E-state index in [1.807, 2.05) is 103 Å². The number of anilines is 1. The predicted octanol–water partition coefficient (Wildman–Crippen LogP) is 5.22. The molecule has 2 aromatic carbocycles. The lowest BCUT2D eigenvalue weighted by molar-refractivity contribution is -0.133. The summed E-state index contributed by atoms with van der Waals surface area (Å²) in [6.45, 7) is 3.50. The Kier molecular flexibility index (Phi) is 9.01. The molecule has 174 valence electrons. The topological polar surface area (TPSA) is 57.6 Å². The molecule has 7 heteroatoms. The lowest BCUT2D eigenvalue weighted by atomic mass is 10.2. The first-order chi connectivity index (χ1) is 16.0. The fourth-order valence-electron chi connectivity index (χ4n) is 3.55. The molecule has 1 N–H and O–H groups in total. The second-order valence-electron chi connectivity index (χ2n) is 7.93.